The monoisotopic (exact) mass is 249 g/mol. The number of phenolic OH excluding ortho intramolecular Hbond substituents is 1. The van der Waals surface area contributed by atoms with E-state index in [1.165, 1.54) is 19.3 Å². The summed E-state index contributed by atoms with van der Waals surface area (Å²) in [4.78, 5) is 0. The number of benzene rings is 1. The van der Waals surface area contributed by atoms with Crippen molar-refractivity contribution < 1.29 is 9.84 Å². The maximum Gasteiger partial charge on any atom is 0.123 e. The van der Waals surface area contributed by atoms with Crippen molar-refractivity contribution in [2.45, 2.75) is 32.7 Å². The molecule has 1 aliphatic carbocycles. The Balaban J connectivity index is 1.83. The molecule has 2 atom stereocenters. The lowest BCUT2D eigenvalue weighted by molar-refractivity contribution is 0.387. The first kappa shape index (κ1) is 13.2. The fraction of sp³-hybridized carbons (Fsp3) is 0.600. The normalized spacial score (nSPS) is 23.2. The Hall–Kier alpha value is -1.22. The third-order valence-electron chi connectivity index (χ3n) is 4.05. The quantitative estimate of drug-likeness (QED) is 0.843. The van der Waals surface area contributed by atoms with Crippen LogP contribution in [0, 0.1) is 11.8 Å². The van der Waals surface area contributed by atoms with Crippen LogP contribution in [-0.4, -0.2) is 18.8 Å². The van der Waals surface area contributed by atoms with Crippen LogP contribution < -0.4 is 10.1 Å². The van der Waals surface area contributed by atoms with E-state index in [-0.39, 0.29) is 0 Å². The molecule has 1 saturated carbocycles. The fourth-order valence-corrected chi connectivity index (χ4v) is 2.74. The first-order valence-electron chi connectivity index (χ1n) is 6.77. The van der Waals surface area contributed by atoms with Crippen molar-refractivity contribution in [3.05, 3.63) is 23.8 Å². The molecule has 0 aliphatic heterocycles. The van der Waals surface area contributed by atoms with Gasteiger partial charge in [-0.25, -0.2) is 0 Å². The molecule has 0 aromatic heterocycles. The molecule has 2 unspecified atom stereocenters. The van der Waals surface area contributed by atoms with Crippen LogP contribution in [0.5, 0.6) is 11.5 Å². The van der Waals surface area contributed by atoms with Crippen LogP contribution in [0.1, 0.15) is 31.7 Å². The van der Waals surface area contributed by atoms with Crippen LogP contribution in [0.25, 0.3) is 0 Å². The molecular formula is C15H23NO2. The van der Waals surface area contributed by atoms with Crippen molar-refractivity contribution in [3.8, 4) is 11.5 Å². The molecule has 2 rings (SSSR count). The first-order valence-corrected chi connectivity index (χ1v) is 6.77. The van der Waals surface area contributed by atoms with Gasteiger partial charge in [0.25, 0.3) is 0 Å². The van der Waals surface area contributed by atoms with Gasteiger partial charge < -0.3 is 15.2 Å². The Morgan fingerprint density at radius 3 is 2.83 bits per heavy atom. The standard InChI is InChI=1S/C15H23NO2/c1-11-4-3-5-12(11)9-16-10-13-6-7-14(18-2)8-15(13)17/h6-8,11-12,16-17H,3-5,9-10H2,1-2H3. The summed E-state index contributed by atoms with van der Waals surface area (Å²) in [6, 6.07) is 5.46. The zero-order valence-corrected chi connectivity index (χ0v) is 11.3. The highest BCUT2D eigenvalue weighted by molar-refractivity contribution is 5.39. The maximum atomic E-state index is 9.85. The van der Waals surface area contributed by atoms with Gasteiger partial charge in [0.1, 0.15) is 11.5 Å². The van der Waals surface area contributed by atoms with E-state index in [1.54, 1.807) is 13.2 Å². The molecule has 0 spiro atoms. The van der Waals surface area contributed by atoms with Gasteiger partial charge in [-0.3, -0.25) is 0 Å². The molecule has 1 aliphatic rings. The Labute approximate surface area is 109 Å². The van der Waals surface area contributed by atoms with E-state index in [0.717, 1.165) is 30.5 Å². The van der Waals surface area contributed by atoms with Crippen LogP contribution in [0.4, 0.5) is 0 Å². The predicted molar refractivity (Wildman–Crippen MR) is 72.9 cm³/mol. The second kappa shape index (κ2) is 6.10. The summed E-state index contributed by atoms with van der Waals surface area (Å²) in [6.07, 6.45) is 4.06. The number of hydrogen-bond acceptors (Lipinski definition) is 3. The van der Waals surface area contributed by atoms with Crippen LogP contribution in [0.15, 0.2) is 18.2 Å². The summed E-state index contributed by atoms with van der Waals surface area (Å²) in [5.74, 6) is 2.63. The van der Waals surface area contributed by atoms with Crippen molar-refractivity contribution in [1.29, 1.82) is 0 Å². The highest BCUT2D eigenvalue weighted by atomic mass is 16.5. The maximum absolute atomic E-state index is 9.85. The number of phenols is 1. The van der Waals surface area contributed by atoms with Gasteiger partial charge in [0.2, 0.25) is 0 Å². The van der Waals surface area contributed by atoms with E-state index >= 15 is 0 Å². The molecule has 0 radical (unpaired) electrons. The minimum Gasteiger partial charge on any atom is -0.507 e. The van der Waals surface area contributed by atoms with E-state index in [9.17, 15) is 5.11 Å². The van der Waals surface area contributed by atoms with Crippen molar-refractivity contribution in [3.63, 3.8) is 0 Å². The SMILES string of the molecule is COc1ccc(CNCC2CCCC2C)c(O)c1. The summed E-state index contributed by atoms with van der Waals surface area (Å²) in [7, 11) is 1.61. The van der Waals surface area contributed by atoms with Gasteiger partial charge in [-0.15, -0.1) is 0 Å². The van der Waals surface area contributed by atoms with Gasteiger partial charge in [0.15, 0.2) is 0 Å². The van der Waals surface area contributed by atoms with E-state index in [0.29, 0.717) is 11.5 Å². The molecule has 1 fully saturated rings. The van der Waals surface area contributed by atoms with Gasteiger partial charge in [-0.1, -0.05) is 25.8 Å². The highest BCUT2D eigenvalue weighted by Gasteiger charge is 2.22. The third-order valence-corrected chi connectivity index (χ3v) is 4.05. The van der Waals surface area contributed by atoms with E-state index in [1.807, 2.05) is 12.1 Å². The van der Waals surface area contributed by atoms with Crippen molar-refractivity contribution in [2.75, 3.05) is 13.7 Å². The van der Waals surface area contributed by atoms with Gasteiger partial charge in [-0.2, -0.15) is 0 Å². The molecule has 2 N–H and O–H groups in total. The minimum atomic E-state index is 0.307. The number of aromatic hydroxyl groups is 1. The van der Waals surface area contributed by atoms with Gasteiger partial charge >= 0.3 is 0 Å². The molecule has 0 bridgehead atoms. The molecule has 0 amide bonds. The molecule has 0 heterocycles. The number of ether oxygens (including phenoxy) is 1. The summed E-state index contributed by atoms with van der Waals surface area (Å²) >= 11 is 0. The number of methoxy groups -OCH3 is 1. The third kappa shape index (κ3) is 3.16. The molecular weight excluding hydrogens is 226 g/mol. The lowest BCUT2D eigenvalue weighted by Crippen LogP contribution is -2.23. The van der Waals surface area contributed by atoms with Crippen molar-refractivity contribution in [1.82, 2.24) is 5.32 Å². The Kier molecular flexibility index (Phi) is 4.48. The fourth-order valence-electron chi connectivity index (χ4n) is 2.74. The number of nitrogens with one attached hydrogen (secondary N) is 1. The number of hydrogen-bond donors (Lipinski definition) is 2. The van der Waals surface area contributed by atoms with E-state index in [4.69, 9.17) is 4.74 Å². The van der Waals surface area contributed by atoms with Crippen molar-refractivity contribution in [2.24, 2.45) is 11.8 Å². The Morgan fingerprint density at radius 2 is 2.22 bits per heavy atom. The lowest BCUT2D eigenvalue weighted by atomic mass is 9.98. The van der Waals surface area contributed by atoms with Crippen LogP contribution in [0.3, 0.4) is 0 Å². The summed E-state index contributed by atoms with van der Waals surface area (Å²) < 4.78 is 5.07. The minimum absolute atomic E-state index is 0.307. The van der Waals surface area contributed by atoms with Crippen LogP contribution in [-0.2, 0) is 6.54 Å². The van der Waals surface area contributed by atoms with Crippen LogP contribution in [0.2, 0.25) is 0 Å². The van der Waals surface area contributed by atoms with Gasteiger partial charge in [-0.05, 0) is 30.9 Å². The largest absolute Gasteiger partial charge is 0.507 e. The molecule has 18 heavy (non-hydrogen) atoms. The molecule has 3 nitrogen and oxygen atoms in total. The Morgan fingerprint density at radius 1 is 1.39 bits per heavy atom. The predicted octanol–water partition coefficient (Wildman–Crippen LogP) is 2.93. The summed E-state index contributed by atoms with van der Waals surface area (Å²) in [5, 5.41) is 13.3. The molecule has 1 aromatic rings. The Bertz CT molecular complexity index is 392. The molecule has 1 aromatic carbocycles. The van der Waals surface area contributed by atoms with Crippen LogP contribution >= 0.6 is 0 Å². The first-order chi connectivity index (χ1) is 8.70. The highest BCUT2D eigenvalue weighted by Crippen LogP contribution is 2.30. The average molecular weight is 249 g/mol. The summed E-state index contributed by atoms with van der Waals surface area (Å²) in [5.41, 5.74) is 0.932. The van der Waals surface area contributed by atoms with Crippen molar-refractivity contribution >= 4 is 0 Å². The van der Waals surface area contributed by atoms with Gasteiger partial charge in [0.05, 0.1) is 7.11 Å². The van der Waals surface area contributed by atoms with E-state index in [2.05, 4.69) is 12.2 Å². The number of rotatable bonds is 5. The second-order valence-electron chi connectivity index (χ2n) is 5.29. The molecule has 3 heteroatoms. The summed E-state index contributed by atoms with van der Waals surface area (Å²) in [6.45, 7) is 4.11. The van der Waals surface area contributed by atoms with E-state index < -0.39 is 0 Å². The van der Waals surface area contributed by atoms with Gasteiger partial charge in [0, 0.05) is 18.2 Å². The zero-order valence-electron chi connectivity index (χ0n) is 11.3. The zero-order chi connectivity index (χ0) is 13.0. The average Bonchev–Trinajstić information content (AvgIpc) is 2.77. The molecule has 0 saturated heterocycles. The second-order valence-corrected chi connectivity index (χ2v) is 5.29. The molecule has 100 valence electrons. The smallest absolute Gasteiger partial charge is 0.123 e. The lowest BCUT2D eigenvalue weighted by Gasteiger charge is -2.16. The topological polar surface area (TPSA) is 41.5 Å².